The summed E-state index contributed by atoms with van der Waals surface area (Å²) < 4.78 is 0. The molecule has 0 bridgehead atoms. The van der Waals surface area contributed by atoms with Crippen molar-refractivity contribution in [2.45, 2.75) is 186 Å². The zero-order valence-electron chi connectivity index (χ0n) is 27.8. The lowest BCUT2D eigenvalue weighted by Crippen LogP contribution is -1.93. The minimum absolute atomic E-state index is 0.268. The van der Waals surface area contributed by atoms with Gasteiger partial charge < -0.3 is 15.3 Å². The quantitative estimate of drug-likeness (QED) is 0.0569. The molecule has 252 valence electrons. The van der Waals surface area contributed by atoms with Crippen LogP contribution >= 0.6 is 0 Å². The molecule has 0 aliphatic heterocycles. The first-order valence-electron chi connectivity index (χ1n) is 17.3. The van der Waals surface area contributed by atoms with Crippen LogP contribution in [0.3, 0.4) is 0 Å². The zero-order chi connectivity index (χ0) is 33.4. The molecule has 0 saturated heterocycles. The summed E-state index contributed by atoms with van der Waals surface area (Å²) in [7, 11) is 0. The highest BCUT2D eigenvalue weighted by Crippen LogP contribution is 2.13. The Morgan fingerprint density at radius 1 is 0.318 bits per heavy atom. The van der Waals surface area contributed by atoms with Gasteiger partial charge >= 0.3 is 17.9 Å². The second-order valence-electron chi connectivity index (χ2n) is 11.4. The third-order valence-corrected chi connectivity index (χ3v) is 7.14. The van der Waals surface area contributed by atoms with Crippen molar-refractivity contribution in [1.82, 2.24) is 0 Å². The molecule has 0 fully saturated rings. The molecule has 0 radical (unpaired) electrons. The van der Waals surface area contributed by atoms with Gasteiger partial charge in [0.05, 0.1) is 0 Å². The summed E-state index contributed by atoms with van der Waals surface area (Å²) in [4.78, 5) is 30.5. The van der Waals surface area contributed by atoms with Gasteiger partial charge in [-0.15, -0.1) is 37.0 Å². The van der Waals surface area contributed by atoms with E-state index in [-0.39, 0.29) is 6.42 Å². The molecular weight excluding hydrogens is 552 g/mol. The summed E-state index contributed by atoms with van der Waals surface area (Å²) in [5, 5.41) is 25.1. The van der Waals surface area contributed by atoms with Gasteiger partial charge in [0.1, 0.15) is 0 Å². The lowest BCUT2D eigenvalue weighted by molar-refractivity contribution is -0.138. The van der Waals surface area contributed by atoms with E-state index in [2.05, 4.69) is 17.8 Å². The summed E-state index contributed by atoms with van der Waals surface area (Å²) in [6.07, 6.45) is 45.6. The van der Waals surface area contributed by atoms with Gasteiger partial charge in [0.15, 0.2) is 0 Å². The van der Waals surface area contributed by atoms with Crippen molar-refractivity contribution in [2.75, 3.05) is 0 Å². The molecule has 0 atom stereocenters. The van der Waals surface area contributed by atoms with Crippen LogP contribution in [0.1, 0.15) is 186 Å². The van der Waals surface area contributed by atoms with E-state index >= 15 is 0 Å². The molecule has 0 rings (SSSR count). The van der Waals surface area contributed by atoms with Crippen molar-refractivity contribution in [2.24, 2.45) is 0 Å². The van der Waals surface area contributed by atoms with Crippen molar-refractivity contribution >= 4 is 17.9 Å². The lowest BCUT2D eigenvalue weighted by atomic mass is 10.0. The molecule has 0 unspecified atom stereocenters. The van der Waals surface area contributed by atoms with Gasteiger partial charge in [0.25, 0.3) is 0 Å². The molecule has 0 amide bonds. The number of carboxylic acids is 3. The Morgan fingerprint density at radius 3 is 0.659 bits per heavy atom. The van der Waals surface area contributed by atoms with E-state index in [0.717, 1.165) is 77.0 Å². The Morgan fingerprint density at radius 2 is 0.477 bits per heavy atom. The highest BCUT2D eigenvalue weighted by atomic mass is 16.4. The fourth-order valence-corrected chi connectivity index (χ4v) is 4.52. The Bertz CT molecular complexity index is 768. The molecule has 0 heterocycles. The average Bonchev–Trinajstić information content (AvgIpc) is 2.98. The second-order valence-corrected chi connectivity index (χ2v) is 11.4. The van der Waals surface area contributed by atoms with Crippen LogP contribution in [0.15, 0.2) is 0 Å². The molecule has 44 heavy (non-hydrogen) atoms. The summed E-state index contributed by atoms with van der Waals surface area (Å²) in [5.74, 6) is 5.76. The van der Waals surface area contributed by atoms with Crippen molar-refractivity contribution in [3.63, 3.8) is 0 Å². The van der Waals surface area contributed by atoms with E-state index in [4.69, 9.17) is 34.6 Å². The van der Waals surface area contributed by atoms with E-state index < -0.39 is 17.9 Å². The topological polar surface area (TPSA) is 112 Å². The summed E-state index contributed by atoms with van der Waals surface area (Å²) in [6.45, 7) is 0. The number of carboxylic acid groups (broad SMARTS) is 3. The smallest absolute Gasteiger partial charge is 0.303 e. The first kappa shape index (κ1) is 45.5. The monoisotopic (exact) mass is 616 g/mol. The molecule has 0 aliphatic rings. The van der Waals surface area contributed by atoms with Gasteiger partial charge in [0, 0.05) is 38.5 Å². The zero-order valence-corrected chi connectivity index (χ0v) is 27.8. The van der Waals surface area contributed by atoms with E-state index in [1.165, 1.54) is 89.9 Å². The fourth-order valence-electron chi connectivity index (χ4n) is 4.52. The minimum atomic E-state index is -0.722. The first-order chi connectivity index (χ1) is 21.3. The molecule has 0 aromatic heterocycles. The maximum absolute atomic E-state index is 10.3. The van der Waals surface area contributed by atoms with Crippen LogP contribution < -0.4 is 0 Å². The predicted octanol–water partition coefficient (Wildman–Crippen LogP) is 10.4. The molecule has 3 N–H and O–H groups in total. The van der Waals surface area contributed by atoms with Crippen LogP contribution in [0.5, 0.6) is 0 Å². The highest BCUT2D eigenvalue weighted by molar-refractivity contribution is 5.67. The van der Waals surface area contributed by atoms with Crippen molar-refractivity contribution in [3.8, 4) is 37.0 Å². The molecule has 0 spiro atoms. The maximum Gasteiger partial charge on any atom is 0.303 e. The van der Waals surface area contributed by atoms with Crippen molar-refractivity contribution < 1.29 is 29.7 Å². The van der Waals surface area contributed by atoms with Crippen LogP contribution in [0.25, 0.3) is 0 Å². The number of hydrogen-bond donors (Lipinski definition) is 3. The van der Waals surface area contributed by atoms with Gasteiger partial charge in [-0.1, -0.05) is 109 Å². The number of rotatable bonds is 29. The normalized spacial score (nSPS) is 9.75. The van der Waals surface area contributed by atoms with Gasteiger partial charge in [-0.2, -0.15) is 0 Å². The molecule has 0 aromatic rings. The third-order valence-electron chi connectivity index (χ3n) is 7.14. The maximum atomic E-state index is 10.3. The van der Waals surface area contributed by atoms with Crippen LogP contribution in [-0.4, -0.2) is 33.2 Å². The van der Waals surface area contributed by atoms with Crippen LogP contribution in [0, 0.1) is 37.0 Å². The van der Waals surface area contributed by atoms with Gasteiger partial charge in [-0.3, -0.25) is 14.4 Å². The first-order valence-corrected chi connectivity index (χ1v) is 17.3. The summed E-state index contributed by atoms with van der Waals surface area (Å²) in [5.41, 5.74) is 0. The fraction of sp³-hybridized carbons (Fsp3) is 0.763. The predicted molar refractivity (Wildman–Crippen MR) is 183 cm³/mol. The third kappa shape index (κ3) is 55.1. The number of hydrogen-bond acceptors (Lipinski definition) is 3. The van der Waals surface area contributed by atoms with E-state index in [1.54, 1.807) is 0 Å². The van der Waals surface area contributed by atoms with Gasteiger partial charge in [-0.25, -0.2) is 0 Å². The molecular formula is C38H64O6. The number of aliphatic carboxylic acids is 3. The van der Waals surface area contributed by atoms with Crippen LogP contribution in [-0.2, 0) is 14.4 Å². The Balaban J connectivity index is -0.000000611. The largest absolute Gasteiger partial charge is 0.481 e. The Labute approximate surface area is 270 Å². The van der Waals surface area contributed by atoms with Crippen LogP contribution in [0.4, 0.5) is 0 Å². The van der Waals surface area contributed by atoms with Gasteiger partial charge in [-0.05, 0) is 38.5 Å². The Hall–Kier alpha value is -2.91. The molecule has 6 heteroatoms. The van der Waals surface area contributed by atoms with Crippen molar-refractivity contribution in [3.05, 3.63) is 0 Å². The van der Waals surface area contributed by atoms with E-state index in [9.17, 15) is 14.4 Å². The summed E-state index contributed by atoms with van der Waals surface area (Å²) in [6, 6.07) is 0. The molecule has 0 aromatic carbocycles. The number of unbranched alkanes of at least 4 members (excludes halogenated alkanes) is 23. The highest BCUT2D eigenvalue weighted by Gasteiger charge is 1.98. The van der Waals surface area contributed by atoms with E-state index in [1.807, 2.05) is 0 Å². The number of terminal acetylenes is 3. The standard InChI is InChI=1S/C18H32O2.C12H20O2.C8H12O2/c1-2-3-4-5-6-7-8-9-10-11-12-13-14-15-16-17-18(19)20;1-2-3-4-5-6-7-8-9-10-11-12(13)14;1-2-3-4-5-6-7-8(9)10/h1H,3-17H2,(H,19,20);1H,3-11H2,(H,13,14);1H,3-7H2,(H,9,10). The minimum Gasteiger partial charge on any atom is -0.481 e. The number of carbonyl (C=O) groups is 3. The second kappa shape index (κ2) is 42.2. The van der Waals surface area contributed by atoms with Gasteiger partial charge in [0.2, 0.25) is 0 Å². The molecule has 6 nitrogen and oxygen atoms in total. The van der Waals surface area contributed by atoms with Crippen molar-refractivity contribution in [1.29, 1.82) is 0 Å². The van der Waals surface area contributed by atoms with E-state index in [0.29, 0.717) is 12.8 Å². The molecule has 0 saturated carbocycles. The molecule has 0 aliphatic carbocycles. The Kier molecular flexibility index (Phi) is 43.7. The SMILES string of the molecule is C#CCCCCCC(=O)O.C#CCCCCCCCCCC(=O)O.C#CCCCCCCCCCCCCCCCC(=O)O. The summed E-state index contributed by atoms with van der Waals surface area (Å²) >= 11 is 0. The van der Waals surface area contributed by atoms with Crippen LogP contribution in [0.2, 0.25) is 0 Å². The average molecular weight is 617 g/mol. The lowest BCUT2D eigenvalue weighted by Gasteiger charge is -2.02.